The monoisotopic (exact) mass is 264 g/mol. The molecule has 0 rings (SSSR count). The SMILES string of the molecule is [2H]C([2H])([2H])[N+](C)(C)C[C@@H](CC(=O)[O-])OC(=O)CC(C)(C)O. The highest BCUT2D eigenvalue weighted by Crippen LogP contribution is 2.11. The number of hydrogen-bond acceptors (Lipinski definition) is 5. The fourth-order valence-corrected chi connectivity index (χ4v) is 1.42. The molecule has 106 valence electrons. The predicted octanol–water partition coefficient (Wildman–Crippen LogP) is -1.09. The van der Waals surface area contributed by atoms with Crippen LogP contribution in [-0.4, -0.2) is 60.8 Å². The third-order valence-electron chi connectivity index (χ3n) is 1.93. The van der Waals surface area contributed by atoms with Crippen molar-refractivity contribution in [1.82, 2.24) is 0 Å². The Hall–Kier alpha value is -1.14. The van der Waals surface area contributed by atoms with Crippen LogP contribution in [0.25, 0.3) is 0 Å². The summed E-state index contributed by atoms with van der Waals surface area (Å²) >= 11 is 0. The van der Waals surface area contributed by atoms with Crippen LogP contribution in [0.1, 0.15) is 30.8 Å². The zero-order valence-electron chi connectivity index (χ0n) is 14.2. The molecule has 0 saturated carbocycles. The zero-order valence-corrected chi connectivity index (χ0v) is 11.2. The van der Waals surface area contributed by atoms with Gasteiger partial charge in [-0.3, -0.25) is 4.79 Å². The first-order chi connectivity index (χ1) is 9.14. The van der Waals surface area contributed by atoms with Crippen LogP contribution in [0.3, 0.4) is 0 Å². The molecule has 0 heterocycles. The van der Waals surface area contributed by atoms with E-state index in [2.05, 4.69) is 0 Å². The van der Waals surface area contributed by atoms with Crippen molar-refractivity contribution in [2.75, 3.05) is 27.6 Å². The van der Waals surface area contributed by atoms with Gasteiger partial charge in [-0.15, -0.1) is 0 Å². The topological polar surface area (TPSA) is 86.7 Å². The first kappa shape index (κ1) is 11.9. The number of esters is 1. The third-order valence-corrected chi connectivity index (χ3v) is 1.93. The number of carbonyl (C=O) groups excluding carboxylic acids is 2. The number of carboxylic acid groups (broad SMARTS) is 1. The van der Waals surface area contributed by atoms with Gasteiger partial charge in [-0.1, -0.05) is 0 Å². The number of carboxylic acids is 1. The maximum Gasteiger partial charge on any atom is 0.309 e. The Morgan fingerprint density at radius 3 is 2.44 bits per heavy atom. The number of likely N-dealkylation sites (N-methyl/N-ethyl adjacent to an activating group) is 1. The van der Waals surface area contributed by atoms with Crippen molar-refractivity contribution in [1.29, 1.82) is 0 Å². The standard InChI is InChI=1S/C12H23NO5/c1-12(2,17)7-11(16)18-9(6-10(14)15)8-13(3,4)5/h9,17H,6-8H2,1-5H3/t9-/m1/s1/i3D3. The first-order valence-electron chi connectivity index (χ1n) is 7.09. The maximum absolute atomic E-state index is 11.6. The van der Waals surface area contributed by atoms with Crippen molar-refractivity contribution in [3.63, 3.8) is 0 Å². The van der Waals surface area contributed by atoms with E-state index in [0.717, 1.165) is 0 Å². The molecule has 0 aromatic carbocycles. The quantitative estimate of drug-likeness (QED) is 0.466. The molecule has 0 radical (unpaired) electrons. The predicted molar refractivity (Wildman–Crippen MR) is 63.3 cm³/mol. The molecule has 0 bridgehead atoms. The summed E-state index contributed by atoms with van der Waals surface area (Å²) in [4.78, 5) is 22.4. The van der Waals surface area contributed by atoms with Crippen molar-refractivity contribution < 1.29 is 33.1 Å². The van der Waals surface area contributed by atoms with E-state index >= 15 is 0 Å². The maximum atomic E-state index is 11.6. The van der Waals surface area contributed by atoms with Crippen molar-refractivity contribution in [2.24, 2.45) is 0 Å². The van der Waals surface area contributed by atoms with Gasteiger partial charge >= 0.3 is 5.97 Å². The molecule has 0 saturated heterocycles. The zero-order chi connectivity index (χ0) is 17.1. The van der Waals surface area contributed by atoms with Gasteiger partial charge in [0.15, 0.2) is 6.10 Å². The summed E-state index contributed by atoms with van der Waals surface area (Å²) in [6.45, 7) is 0.226. The molecule has 0 aliphatic heterocycles. The molecule has 0 aromatic heterocycles. The fraction of sp³-hybridized carbons (Fsp3) is 0.833. The summed E-state index contributed by atoms with van der Waals surface area (Å²) in [7, 11) is 2.78. The van der Waals surface area contributed by atoms with E-state index in [1.165, 1.54) is 27.9 Å². The summed E-state index contributed by atoms with van der Waals surface area (Å²) in [5.74, 6) is -2.24. The van der Waals surface area contributed by atoms with Gasteiger partial charge in [0, 0.05) is 12.4 Å². The van der Waals surface area contributed by atoms with Crippen LogP contribution in [0.4, 0.5) is 0 Å². The average molecular weight is 264 g/mol. The number of nitrogens with zero attached hydrogens (tertiary/aromatic N) is 1. The molecule has 0 amide bonds. The summed E-state index contributed by atoms with van der Waals surface area (Å²) in [5.41, 5.74) is -1.29. The molecule has 1 N–H and O–H groups in total. The average Bonchev–Trinajstić information content (AvgIpc) is 2.08. The number of ether oxygens (including phenoxy) is 1. The van der Waals surface area contributed by atoms with Gasteiger partial charge in [0.25, 0.3) is 0 Å². The van der Waals surface area contributed by atoms with E-state index in [1.807, 2.05) is 0 Å². The number of hydrogen-bond donors (Lipinski definition) is 1. The van der Waals surface area contributed by atoms with E-state index < -0.39 is 41.5 Å². The molecule has 6 heteroatoms. The molecule has 0 aromatic rings. The van der Waals surface area contributed by atoms with Crippen LogP contribution in [0.5, 0.6) is 0 Å². The number of rotatable bonds is 7. The first-order valence-corrected chi connectivity index (χ1v) is 5.59. The van der Waals surface area contributed by atoms with E-state index in [0.29, 0.717) is 0 Å². The van der Waals surface area contributed by atoms with E-state index in [9.17, 15) is 19.8 Å². The molecule has 6 nitrogen and oxygen atoms in total. The molecule has 0 unspecified atom stereocenters. The van der Waals surface area contributed by atoms with E-state index in [4.69, 9.17) is 8.85 Å². The van der Waals surface area contributed by atoms with Crippen molar-refractivity contribution in [2.45, 2.75) is 38.4 Å². The third kappa shape index (κ3) is 10.0. The lowest BCUT2D eigenvalue weighted by atomic mass is 10.1. The van der Waals surface area contributed by atoms with Crippen LogP contribution >= 0.6 is 0 Å². The highest BCUT2D eigenvalue weighted by atomic mass is 16.5. The molecule has 0 aliphatic rings. The largest absolute Gasteiger partial charge is 0.550 e. The minimum atomic E-state index is -2.38. The van der Waals surface area contributed by atoms with Gasteiger partial charge < -0.3 is 24.2 Å². The minimum absolute atomic E-state index is 0.206. The van der Waals surface area contributed by atoms with Crippen molar-refractivity contribution in [3.05, 3.63) is 0 Å². The smallest absolute Gasteiger partial charge is 0.309 e. The normalized spacial score (nSPS) is 17.3. The number of aliphatic hydroxyl groups is 1. The van der Waals surface area contributed by atoms with Gasteiger partial charge in [-0.25, -0.2) is 0 Å². The summed E-state index contributed by atoms with van der Waals surface area (Å²) in [5, 5.41) is 20.2. The van der Waals surface area contributed by atoms with E-state index in [1.54, 1.807) is 0 Å². The Morgan fingerprint density at radius 1 is 1.50 bits per heavy atom. The van der Waals surface area contributed by atoms with E-state index in [-0.39, 0.29) is 13.0 Å². The number of quaternary nitrogens is 1. The van der Waals surface area contributed by atoms with Gasteiger partial charge in [-0.05, 0) is 13.8 Å². The lowest BCUT2D eigenvalue weighted by molar-refractivity contribution is -0.873. The van der Waals surface area contributed by atoms with Crippen molar-refractivity contribution in [3.8, 4) is 0 Å². The lowest BCUT2D eigenvalue weighted by Crippen LogP contribution is -2.45. The molecular weight excluding hydrogens is 238 g/mol. The summed E-state index contributed by atoms with van der Waals surface area (Å²) in [6.07, 6.45) is -2.06. The van der Waals surface area contributed by atoms with Crippen LogP contribution in [0, 0.1) is 0 Å². The number of aliphatic carboxylic acids is 1. The second-order valence-corrected chi connectivity index (χ2v) is 5.54. The summed E-state index contributed by atoms with van der Waals surface area (Å²) < 4.78 is 26.7. The second kappa shape index (κ2) is 6.15. The van der Waals surface area contributed by atoms with Crippen LogP contribution in [0.15, 0.2) is 0 Å². The fourth-order valence-electron chi connectivity index (χ4n) is 1.42. The Morgan fingerprint density at radius 2 is 2.06 bits per heavy atom. The molecular formula is C12H23NO5. The molecule has 1 atom stereocenters. The van der Waals surface area contributed by atoms with Gasteiger partial charge in [0.05, 0.1) is 37.2 Å². The molecule has 0 spiro atoms. The van der Waals surface area contributed by atoms with Crippen LogP contribution < -0.4 is 5.11 Å². The van der Waals surface area contributed by atoms with Gasteiger partial charge in [-0.2, -0.15) is 0 Å². The van der Waals surface area contributed by atoms with Gasteiger partial charge in [0.1, 0.15) is 6.54 Å². The lowest BCUT2D eigenvalue weighted by Gasteiger charge is -2.29. The second-order valence-electron chi connectivity index (χ2n) is 5.54. The Labute approximate surface area is 112 Å². The number of carbonyl (C=O) groups is 2. The minimum Gasteiger partial charge on any atom is -0.550 e. The Bertz CT molecular complexity index is 387. The molecule has 0 aliphatic carbocycles. The van der Waals surface area contributed by atoms with Gasteiger partial charge in [0.2, 0.25) is 0 Å². The van der Waals surface area contributed by atoms with Crippen LogP contribution in [0.2, 0.25) is 0 Å². The molecule has 0 fully saturated rings. The highest BCUT2D eigenvalue weighted by Gasteiger charge is 2.25. The summed E-state index contributed by atoms with van der Waals surface area (Å²) in [6, 6.07) is 0. The Kier molecular flexibility index (Phi) is 4.07. The van der Waals surface area contributed by atoms with Crippen molar-refractivity contribution >= 4 is 11.9 Å². The molecule has 18 heavy (non-hydrogen) atoms. The highest BCUT2D eigenvalue weighted by molar-refractivity contribution is 5.71. The Balaban J connectivity index is 4.90. The van der Waals surface area contributed by atoms with Crippen LogP contribution in [-0.2, 0) is 14.3 Å².